The third-order valence-electron chi connectivity index (χ3n) is 4.96. The van der Waals surface area contributed by atoms with Crippen LogP contribution in [0.25, 0.3) is 0 Å². The van der Waals surface area contributed by atoms with E-state index in [1.54, 1.807) is 17.9 Å². The Bertz CT molecular complexity index is 907. The topological polar surface area (TPSA) is 84.5 Å². The Morgan fingerprint density at radius 3 is 2.50 bits per heavy atom. The van der Waals surface area contributed by atoms with Crippen LogP contribution in [-0.4, -0.2) is 56.6 Å². The first kappa shape index (κ1) is 19.9. The van der Waals surface area contributed by atoms with Gasteiger partial charge in [-0.05, 0) is 19.9 Å². The Hall–Kier alpha value is -2.88. The number of benzene rings is 1. The second kappa shape index (κ2) is 8.01. The van der Waals surface area contributed by atoms with Gasteiger partial charge >= 0.3 is 5.69 Å². The lowest BCUT2D eigenvalue weighted by Crippen LogP contribution is -2.49. The molecular formula is C18H21F2N5O3. The van der Waals surface area contributed by atoms with E-state index in [9.17, 15) is 23.7 Å². The number of rotatable bonds is 5. The molecule has 1 aliphatic heterocycles. The lowest BCUT2D eigenvalue weighted by molar-refractivity contribution is -0.386. The highest BCUT2D eigenvalue weighted by molar-refractivity contribution is 5.76. The van der Waals surface area contributed by atoms with Gasteiger partial charge in [0.2, 0.25) is 5.91 Å². The molecule has 10 heteroatoms. The first-order valence-electron chi connectivity index (χ1n) is 8.89. The maximum absolute atomic E-state index is 13.8. The number of hydrogen-bond acceptors (Lipinski definition) is 5. The molecule has 1 aliphatic rings. The van der Waals surface area contributed by atoms with Crippen LogP contribution in [0, 0.1) is 35.6 Å². The number of halogens is 2. The van der Waals surface area contributed by atoms with Gasteiger partial charge in [-0.15, -0.1) is 0 Å². The molecule has 1 fully saturated rings. The summed E-state index contributed by atoms with van der Waals surface area (Å²) in [6.07, 6.45) is 0. The minimum atomic E-state index is -0.870. The average Bonchev–Trinajstić information content (AvgIpc) is 2.93. The highest BCUT2D eigenvalue weighted by Gasteiger charge is 2.26. The average molecular weight is 393 g/mol. The fourth-order valence-electron chi connectivity index (χ4n) is 3.40. The number of aromatic nitrogens is 2. The van der Waals surface area contributed by atoms with E-state index in [0.717, 1.165) is 6.07 Å². The smallest absolute Gasteiger partial charge is 0.312 e. The Morgan fingerprint density at radius 2 is 1.89 bits per heavy atom. The minimum absolute atomic E-state index is 0.0704. The number of aryl methyl sites for hydroxylation is 1. The second-order valence-corrected chi connectivity index (χ2v) is 6.80. The first-order valence-corrected chi connectivity index (χ1v) is 8.89. The Balaban J connectivity index is 1.58. The molecule has 0 saturated carbocycles. The molecule has 0 spiro atoms. The molecular weight excluding hydrogens is 372 g/mol. The van der Waals surface area contributed by atoms with E-state index < -0.39 is 16.6 Å². The number of amides is 1. The molecule has 28 heavy (non-hydrogen) atoms. The SMILES string of the molecule is Cc1nn(CC(=O)N2CCN(Cc3cccc(F)c3F)CC2)c(C)c1[N+](=O)[O-]. The quantitative estimate of drug-likeness (QED) is 0.573. The fourth-order valence-corrected chi connectivity index (χ4v) is 3.40. The van der Waals surface area contributed by atoms with Crippen molar-refractivity contribution in [2.45, 2.75) is 26.9 Å². The maximum atomic E-state index is 13.8. The summed E-state index contributed by atoms with van der Waals surface area (Å²) in [5.41, 5.74) is 0.831. The predicted octanol–water partition coefficient (Wildman–Crippen LogP) is 2.03. The van der Waals surface area contributed by atoms with E-state index in [1.807, 2.05) is 4.90 Å². The predicted molar refractivity (Wildman–Crippen MR) is 96.6 cm³/mol. The molecule has 150 valence electrons. The number of hydrogen-bond donors (Lipinski definition) is 0. The molecule has 3 rings (SSSR count). The summed E-state index contributed by atoms with van der Waals surface area (Å²) in [5, 5.41) is 15.2. The normalized spacial score (nSPS) is 15.1. The van der Waals surface area contributed by atoms with Gasteiger partial charge in [0.1, 0.15) is 17.9 Å². The van der Waals surface area contributed by atoms with Crippen molar-refractivity contribution >= 4 is 11.6 Å². The number of nitrogens with zero attached hydrogens (tertiary/aromatic N) is 5. The largest absolute Gasteiger partial charge is 0.339 e. The van der Waals surface area contributed by atoms with E-state index >= 15 is 0 Å². The van der Waals surface area contributed by atoms with Gasteiger partial charge in [-0.2, -0.15) is 5.10 Å². The molecule has 1 amide bonds. The first-order chi connectivity index (χ1) is 13.3. The summed E-state index contributed by atoms with van der Waals surface area (Å²) in [5.74, 6) is -1.89. The minimum Gasteiger partial charge on any atom is -0.339 e. The molecule has 1 aromatic heterocycles. The van der Waals surface area contributed by atoms with Gasteiger partial charge in [0, 0.05) is 38.3 Å². The summed E-state index contributed by atoms with van der Waals surface area (Å²) in [6, 6.07) is 4.10. The van der Waals surface area contributed by atoms with E-state index in [2.05, 4.69) is 5.10 Å². The summed E-state index contributed by atoms with van der Waals surface area (Å²) in [6.45, 7) is 5.24. The summed E-state index contributed by atoms with van der Waals surface area (Å²) in [4.78, 5) is 26.7. The van der Waals surface area contributed by atoms with Crippen molar-refractivity contribution in [3.63, 3.8) is 0 Å². The molecule has 8 nitrogen and oxygen atoms in total. The van der Waals surface area contributed by atoms with E-state index in [1.165, 1.54) is 17.7 Å². The molecule has 0 atom stereocenters. The van der Waals surface area contributed by atoms with Crippen LogP contribution in [0.4, 0.5) is 14.5 Å². The molecule has 2 heterocycles. The molecule has 2 aromatic rings. The number of nitro groups is 1. The maximum Gasteiger partial charge on any atom is 0.312 e. The standard InChI is InChI=1S/C18H21F2N5O3/c1-12-18(25(27)28)13(2)24(21-12)11-16(26)23-8-6-22(7-9-23)10-14-4-3-5-15(19)17(14)20/h3-5H,6-11H2,1-2H3. The van der Waals surface area contributed by atoms with Crippen molar-refractivity contribution in [3.8, 4) is 0 Å². The zero-order chi connectivity index (χ0) is 20.4. The van der Waals surface area contributed by atoms with Crippen molar-refractivity contribution in [2.75, 3.05) is 26.2 Å². The van der Waals surface area contributed by atoms with Crippen LogP contribution >= 0.6 is 0 Å². The molecule has 0 radical (unpaired) electrons. The van der Waals surface area contributed by atoms with Gasteiger partial charge in [-0.3, -0.25) is 24.5 Å². The van der Waals surface area contributed by atoms with Crippen molar-refractivity contribution in [3.05, 3.63) is 56.9 Å². The third kappa shape index (κ3) is 4.01. The van der Waals surface area contributed by atoms with Crippen LogP contribution in [0.2, 0.25) is 0 Å². The highest BCUT2D eigenvalue weighted by Crippen LogP contribution is 2.22. The molecule has 0 N–H and O–H groups in total. The van der Waals surface area contributed by atoms with Crippen LogP contribution in [-0.2, 0) is 17.9 Å². The lowest BCUT2D eigenvalue weighted by Gasteiger charge is -2.34. The van der Waals surface area contributed by atoms with Crippen molar-refractivity contribution in [1.82, 2.24) is 19.6 Å². The van der Waals surface area contributed by atoms with Crippen LogP contribution in [0.15, 0.2) is 18.2 Å². The van der Waals surface area contributed by atoms with Gasteiger partial charge in [-0.1, -0.05) is 12.1 Å². The summed E-state index contributed by atoms with van der Waals surface area (Å²) < 4.78 is 28.5. The van der Waals surface area contributed by atoms with Gasteiger partial charge in [0.25, 0.3) is 0 Å². The van der Waals surface area contributed by atoms with Crippen molar-refractivity contribution in [1.29, 1.82) is 0 Å². The molecule has 1 aromatic carbocycles. The van der Waals surface area contributed by atoms with Gasteiger partial charge in [0.15, 0.2) is 11.6 Å². The van der Waals surface area contributed by atoms with E-state index in [4.69, 9.17) is 0 Å². The lowest BCUT2D eigenvalue weighted by atomic mass is 10.1. The summed E-state index contributed by atoms with van der Waals surface area (Å²) in [7, 11) is 0. The van der Waals surface area contributed by atoms with Gasteiger partial charge in [-0.25, -0.2) is 8.78 Å². The molecule has 0 aliphatic carbocycles. The van der Waals surface area contributed by atoms with Crippen LogP contribution in [0.5, 0.6) is 0 Å². The molecule has 0 unspecified atom stereocenters. The van der Waals surface area contributed by atoms with Crippen LogP contribution in [0.1, 0.15) is 17.0 Å². The van der Waals surface area contributed by atoms with Crippen LogP contribution in [0.3, 0.4) is 0 Å². The monoisotopic (exact) mass is 393 g/mol. The molecule has 0 bridgehead atoms. The summed E-state index contributed by atoms with van der Waals surface area (Å²) >= 11 is 0. The highest BCUT2D eigenvalue weighted by atomic mass is 19.2. The number of carbonyl (C=O) groups is 1. The number of piperazine rings is 1. The fraction of sp³-hybridized carbons (Fsp3) is 0.444. The van der Waals surface area contributed by atoms with Gasteiger partial charge in [0.05, 0.1) is 4.92 Å². The number of carbonyl (C=O) groups excluding carboxylic acids is 1. The van der Waals surface area contributed by atoms with Crippen LogP contribution < -0.4 is 0 Å². The van der Waals surface area contributed by atoms with E-state index in [-0.39, 0.29) is 35.9 Å². The third-order valence-corrected chi connectivity index (χ3v) is 4.96. The second-order valence-electron chi connectivity index (χ2n) is 6.80. The van der Waals surface area contributed by atoms with Crippen molar-refractivity contribution in [2.24, 2.45) is 0 Å². The zero-order valence-electron chi connectivity index (χ0n) is 15.7. The Kier molecular flexibility index (Phi) is 5.68. The Labute approximate surface area is 160 Å². The molecule has 1 saturated heterocycles. The Morgan fingerprint density at radius 1 is 1.21 bits per heavy atom. The van der Waals surface area contributed by atoms with Gasteiger partial charge < -0.3 is 4.90 Å². The van der Waals surface area contributed by atoms with E-state index in [0.29, 0.717) is 31.9 Å². The van der Waals surface area contributed by atoms with Crippen molar-refractivity contribution < 1.29 is 18.5 Å². The zero-order valence-corrected chi connectivity index (χ0v) is 15.7.